The number of amides is 2. The van der Waals surface area contributed by atoms with Crippen LogP contribution in [-0.2, 0) is 11.3 Å². The Morgan fingerprint density at radius 3 is 2.75 bits per heavy atom. The third-order valence-electron chi connectivity index (χ3n) is 4.33. The second-order valence-corrected chi connectivity index (χ2v) is 5.86. The van der Waals surface area contributed by atoms with Crippen LogP contribution in [0.2, 0.25) is 0 Å². The quantitative estimate of drug-likeness (QED) is 0.778. The van der Waals surface area contributed by atoms with Crippen molar-refractivity contribution < 1.29 is 9.59 Å². The topological polar surface area (TPSA) is 78.1 Å². The molecule has 0 aliphatic carbocycles. The van der Waals surface area contributed by atoms with Gasteiger partial charge in [-0.2, -0.15) is 0 Å². The largest absolute Gasteiger partial charge is 0.324 e. The van der Waals surface area contributed by atoms with Gasteiger partial charge in [-0.1, -0.05) is 30.3 Å². The molecular formula is C18H16N4O2. The number of fused-ring (bicyclic) bond motifs is 2. The standard InChI is InChI=1S/C18H16N4O2/c1-11(22-10-12-6-2-3-7-13(12)17(22)24)16(23)21-18-19-14-8-4-5-9-15(14)20-18/h2-9,11H,10H2,1H3,(H2,19,20,21,23). The summed E-state index contributed by atoms with van der Waals surface area (Å²) in [6, 6.07) is 14.4. The average molecular weight is 320 g/mol. The van der Waals surface area contributed by atoms with Crippen LogP contribution in [-0.4, -0.2) is 32.7 Å². The molecule has 0 saturated heterocycles. The van der Waals surface area contributed by atoms with Crippen LogP contribution in [0.15, 0.2) is 48.5 Å². The van der Waals surface area contributed by atoms with E-state index in [1.807, 2.05) is 42.5 Å². The van der Waals surface area contributed by atoms with Crippen LogP contribution in [0.4, 0.5) is 5.95 Å². The number of hydrogen-bond donors (Lipinski definition) is 2. The Morgan fingerprint density at radius 2 is 1.96 bits per heavy atom. The van der Waals surface area contributed by atoms with E-state index in [0.717, 1.165) is 16.6 Å². The van der Waals surface area contributed by atoms with Crippen molar-refractivity contribution in [3.63, 3.8) is 0 Å². The first-order chi connectivity index (χ1) is 11.6. The highest BCUT2D eigenvalue weighted by molar-refractivity contribution is 6.03. The highest BCUT2D eigenvalue weighted by atomic mass is 16.2. The van der Waals surface area contributed by atoms with Crippen LogP contribution in [0.5, 0.6) is 0 Å². The van der Waals surface area contributed by atoms with E-state index in [2.05, 4.69) is 15.3 Å². The van der Waals surface area contributed by atoms with Gasteiger partial charge < -0.3 is 9.88 Å². The number of nitrogens with one attached hydrogen (secondary N) is 2. The third-order valence-corrected chi connectivity index (χ3v) is 4.33. The van der Waals surface area contributed by atoms with Gasteiger partial charge in [0.15, 0.2) is 0 Å². The molecule has 4 rings (SSSR count). The molecule has 0 spiro atoms. The maximum atomic E-state index is 12.5. The van der Waals surface area contributed by atoms with E-state index < -0.39 is 6.04 Å². The van der Waals surface area contributed by atoms with Crippen molar-refractivity contribution in [2.24, 2.45) is 0 Å². The number of carbonyl (C=O) groups is 2. The van der Waals surface area contributed by atoms with E-state index >= 15 is 0 Å². The fourth-order valence-electron chi connectivity index (χ4n) is 2.96. The minimum absolute atomic E-state index is 0.113. The lowest BCUT2D eigenvalue weighted by Gasteiger charge is -2.22. The van der Waals surface area contributed by atoms with E-state index in [-0.39, 0.29) is 11.8 Å². The summed E-state index contributed by atoms with van der Waals surface area (Å²) in [6.07, 6.45) is 0. The first-order valence-corrected chi connectivity index (χ1v) is 7.78. The van der Waals surface area contributed by atoms with Crippen LogP contribution in [0.1, 0.15) is 22.8 Å². The smallest absolute Gasteiger partial charge is 0.255 e. The molecule has 1 unspecified atom stereocenters. The number of nitrogens with zero attached hydrogens (tertiary/aromatic N) is 2. The molecule has 6 heteroatoms. The number of carbonyl (C=O) groups excluding carboxylic acids is 2. The molecule has 0 bridgehead atoms. The summed E-state index contributed by atoms with van der Waals surface area (Å²) in [4.78, 5) is 33.9. The van der Waals surface area contributed by atoms with Crippen molar-refractivity contribution in [1.29, 1.82) is 0 Å². The number of rotatable bonds is 3. The molecule has 2 N–H and O–H groups in total. The monoisotopic (exact) mass is 320 g/mol. The van der Waals surface area contributed by atoms with E-state index in [1.165, 1.54) is 0 Å². The molecule has 0 fully saturated rings. The van der Waals surface area contributed by atoms with E-state index in [1.54, 1.807) is 17.9 Å². The summed E-state index contributed by atoms with van der Waals surface area (Å²) in [7, 11) is 0. The van der Waals surface area contributed by atoms with Crippen molar-refractivity contribution in [1.82, 2.24) is 14.9 Å². The lowest BCUT2D eigenvalue weighted by Crippen LogP contribution is -2.42. The zero-order chi connectivity index (χ0) is 16.7. The second kappa shape index (κ2) is 5.49. The highest BCUT2D eigenvalue weighted by Gasteiger charge is 2.33. The summed E-state index contributed by atoms with van der Waals surface area (Å²) in [5.74, 6) is 0.00489. The number of anilines is 1. The number of para-hydroxylation sites is 2. The van der Waals surface area contributed by atoms with Gasteiger partial charge >= 0.3 is 0 Å². The first kappa shape index (κ1) is 14.4. The molecule has 3 aromatic rings. The Bertz CT molecular complexity index is 914. The Balaban J connectivity index is 1.51. The molecule has 120 valence electrons. The predicted octanol–water partition coefficient (Wildman–Crippen LogP) is 2.55. The van der Waals surface area contributed by atoms with Crippen LogP contribution in [0, 0.1) is 0 Å². The van der Waals surface area contributed by atoms with E-state index in [9.17, 15) is 9.59 Å². The maximum Gasteiger partial charge on any atom is 0.255 e. The Morgan fingerprint density at radius 1 is 1.21 bits per heavy atom. The molecule has 1 aliphatic rings. The van der Waals surface area contributed by atoms with Crippen molar-refractivity contribution >= 4 is 28.8 Å². The van der Waals surface area contributed by atoms with Crippen molar-refractivity contribution in [3.05, 3.63) is 59.7 Å². The van der Waals surface area contributed by atoms with Gasteiger partial charge in [-0.05, 0) is 30.7 Å². The zero-order valence-electron chi connectivity index (χ0n) is 13.1. The number of imidazole rings is 1. The predicted molar refractivity (Wildman–Crippen MR) is 90.5 cm³/mol. The van der Waals surface area contributed by atoms with Gasteiger partial charge in [0.1, 0.15) is 6.04 Å². The van der Waals surface area contributed by atoms with Crippen LogP contribution in [0.25, 0.3) is 11.0 Å². The number of H-pyrrole nitrogens is 1. The summed E-state index contributed by atoms with van der Waals surface area (Å²) < 4.78 is 0. The Labute approximate surface area is 138 Å². The summed E-state index contributed by atoms with van der Waals surface area (Å²) in [6.45, 7) is 2.17. The van der Waals surface area contributed by atoms with Crippen molar-refractivity contribution in [2.45, 2.75) is 19.5 Å². The summed E-state index contributed by atoms with van der Waals surface area (Å²) in [5, 5.41) is 2.76. The molecular weight excluding hydrogens is 304 g/mol. The molecule has 6 nitrogen and oxygen atoms in total. The van der Waals surface area contributed by atoms with Gasteiger partial charge in [-0.25, -0.2) is 4.98 Å². The van der Waals surface area contributed by atoms with Gasteiger partial charge in [0.2, 0.25) is 11.9 Å². The van der Waals surface area contributed by atoms with Gasteiger partial charge in [0, 0.05) is 12.1 Å². The van der Waals surface area contributed by atoms with Crippen molar-refractivity contribution in [2.75, 3.05) is 5.32 Å². The summed E-state index contributed by atoms with van der Waals surface area (Å²) >= 11 is 0. The number of aromatic amines is 1. The third kappa shape index (κ3) is 2.32. The number of hydrogen-bond acceptors (Lipinski definition) is 3. The number of aromatic nitrogens is 2. The van der Waals surface area contributed by atoms with E-state index in [4.69, 9.17) is 0 Å². The molecule has 2 aromatic carbocycles. The zero-order valence-corrected chi connectivity index (χ0v) is 13.1. The molecule has 1 atom stereocenters. The fraction of sp³-hybridized carbons (Fsp3) is 0.167. The van der Waals surface area contributed by atoms with Gasteiger partial charge in [0.05, 0.1) is 11.0 Å². The van der Waals surface area contributed by atoms with Gasteiger partial charge in [-0.3, -0.25) is 14.9 Å². The molecule has 1 aromatic heterocycles. The first-order valence-electron chi connectivity index (χ1n) is 7.78. The normalized spacial score (nSPS) is 14.7. The number of benzene rings is 2. The lowest BCUT2D eigenvalue weighted by molar-refractivity contribution is -0.120. The van der Waals surface area contributed by atoms with Crippen LogP contribution >= 0.6 is 0 Å². The van der Waals surface area contributed by atoms with Crippen LogP contribution in [0.3, 0.4) is 0 Å². The van der Waals surface area contributed by atoms with E-state index in [0.29, 0.717) is 18.1 Å². The lowest BCUT2D eigenvalue weighted by atomic mass is 10.1. The molecule has 2 amide bonds. The molecule has 24 heavy (non-hydrogen) atoms. The maximum absolute atomic E-state index is 12.5. The fourth-order valence-corrected chi connectivity index (χ4v) is 2.96. The molecule has 2 heterocycles. The van der Waals surface area contributed by atoms with Gasteiger partial charge in [-0.15, -0.1) is 0 Å². The highest BCUT2D eigenvalue weighted by Crippen LogP contribution is 2.24. The minimum atomic E-state index is -0.585. The molecule has 1 aliphatic heterocycles. The minimum Gasteiger partial charge on any atom is -0.324 e. The molecule has 0 radical (unpaired) electrons. The second-order valence-electron chi connectivity index (χ2n) is 5.86. The molecule has 0 saturated carbocycles. The SMILES string of the molecule is CC(C(=O)Nc1nc2ccccc2[nH]1)N1Cc2ccccc2C1=O. The van der Waals surface area contributed by atoms with Crippen molar-refractivity contribution in [3.8, 4) is 0 Å². The Hall–Kier alpha value is -3.15. The summed E-state index contributed by atoms with van der Waals surface area (Å²) in [5.41, 5.74) is 3.25. The van der Waals surface area contributed by atoms with Crippen LogP contribution < -0.4 is 5.32 Å². The Kier molecular flexibility index (Phi) is 3.30. The average Bonchev–Trinajstić information content (AvgIpc) is 3.15. The van der Waals surface area contributed by atoms with Gasteiger partial charge in [0.25, 0.3) is 5.91 Å².